The average molecular weight is 282 g/mol. The van der Waals surface area contributed by atoms with Crippen LogP contribution in [0.1, 0.15) is 23.2 Å². The third kappa shape index (κ3) is 3.67. The van der Waals surface area contributed by atoms with E-state index in [4.69, 9.17) is 11.6 Å². The van der Waals surface area contributed by atoms with E-state index in [2.05, 4.69) is 16.9 Å². The van der Waals surface area contributed by atoms with E-state index in [1.54, 1.807) is 23.2 Å². The van der Waals surface area contributed by atoms with Gasteiger partial charge in [-0.3, -0.25) is 4.79 Å². The van der Waals surface area contributed by atoms with Crippen LogP contribution in [0.15, 0.2) is 18.3 Å². The van der Waals surface area contributed by atoms with Crippen LogP contribution >= 0.6 is 11.6 Å². The molecule has 2 heterocycles. The Bertz CT molecular complexity index is 444. The number of hydrogen-bond acceptors (Lipinski definition) is 3. The molecule has 0 saturated carbocycles. The van der Waals surface area contributed by atoms with E-state index in [0.29, 0.717) is 11.5 Å². The number of pyridine rings is 1. The van der Waals surface area contributed by atoms with Crippen molar-refractivity contribution in [2.45, 2.75) is 12.8 Å². The number of carbonyl (C=O) groups is 1. The molecule has 2 rings (SSSR count). The predicted octanol–water partition coefficient (Wildman–Crippen LogP) is 2.15. The van der Waals surface area contributed by atoms with Gasteiger partial charge in [0.15, 0.2) is 0 Å². The van der Waals surface area contributed by atoms with Gasteiger partial charge in [-0.15, -0.1) is 0 Å². The molecular weight excluding hydrogens is 262 g/mol. The van der Waals surface area contributed by atoms with Crippen LogP contribution in [-0.2, 0) is 0 Å². The third-order valence-electron chi connectivity index (χ3n) is 3.71. The van der Waals surface area contributed by atoms with Crippen molar-refractivity contribution in [3.63, 3.8) is 0 Å². The monoisotopic (exact) mass is 281 g/mol. The number of aromatic nitrogens is 1. The van der Waals surface area contributed by atoms with Gasteiger partial charge in [-0.1, -0.05) is 11.6 Å². The number of piperidine rings is 1. The van der Waals surface area contributed by atoms with Gasteiger partial charge < -0.3 is 9.80 Å². The Hall–Kier alpha value is -1.13. The first-order chi connectivity index (χ1) is 9.08. The van der Waals surface area contributed by atoms with Gasteiger partial charge in [0.1, 0.15) is 5.15 Å². The highest BCUT2D eigenvalue weighted by Gasteiger charge is 2.22. The molecule has 1 aliphatic heterocycles. The van der Waals surface area contributed by atoms with Crippen LogP contribution in [0, 0.1) is 5.92 Å². The van der Waals surface area contributed by atoms with Crippen molar-refractivity contribution in [2.24, 2.45) is 5.92 Å². The predicted molar refractivity (Wildman–Crippen MR) is 76.4 cm³/mol. The third-order valence-corrected chi connectivity index (χ3v) is 4.01. The van der Waals surface area contributed by atoms with Gasteiger partial charge in [0.2, 0.25) is 0 Å². The van der Waals surface area contributed by atoms with Gasteiger partial charge >= 0.3 is 0 Å². The van der Waals surface area contributed by atoms with E-state index >= 15 is 0 Å². The molecule has 5 heteroatoms. The molecule has 0 aromatic carbocycles. The van der Waals surface area contributed by atoms with E-state index in [9.17, 15) is 4.79 Å². The second-order valence-electron chi connectivity index (χ2n) is 5.27. The fraction of sp³-hybridized carbons (Fsp3) is 0.571. The van der Waals surface area contributed by atoms with Crippen LogP contribution in [0.4, 0.5) is 0 Å². The Labute approximate surface area is 119 Å². The molecule has 19 heavy (non-hydrogen) atoms. The summed E-state index contributed by atoms with van der Waals surface area (Å²) >= 11 is 5.96. The summed E-state index contributed by atoms with van der Waals surface area (Å²) in [4.78, 5) is 20.3. The molecule has 4 nitrogen and oxygen atoms in total. The highest BCUT2D eigenvalue weighted by Crippen LogP contribution is 2.19. The summed E-state index contributed by atoms with van der Waals surface area (Å²) in [7, 11) is 3.98. The summed E-state index contributed by atoms with van der Waals surface area (Å²) < 4.78 is 0. The number of halogens is 1. The first-order valence-electron chi connectivity index (χ1n) is 6.62. The quantitative estimate of drug-likeness (QED) is 0.797. The summed E-state index contributed by atoms with van der Waals surface area (Å²) in [5.74, 6) is 0.539. The van der Waals surface area contributed by atoms with Crippen molar-refractivity contribution >= 4 is 17.5 Å². The molecule has 0 aliphatic carbocycles. The Morgan fingerprint density at radius 1 is 1.53 bits per heavy atom. The van der Waals surface area contributed by atoms with Crippen LogP contribution in [0.25, 0.3) is 0 Å². The molecule has 0 radical (unpaired) electrons. The lowest BCUT2D eigenvalue weighted by atomic mass is 9.96. The van der Waals surface area contributed by atoms with Crippen LogP contribution in [-0.4, -0.2) is 54.4 Å². The van der Waals surface area contributed by atoms with Gasteiger partial charge in [-0.05, 0) is 51.0 Å². The van der Waals surface area contributed by atoms with E-state index in [0.717, 1.165) is 32.5 Å². The molecule has 0 N–H and O–H groups in total. The van der Waals surface area contributed by atoms with E-state index in [1.165, 1.54) is 0 Å². The van der Waals surface area contributed by atoms with Crippen molar-refractivity contribution < 1.29 is 4.79 Å². The molecule has 104 valence electrons. The summed E-state index contributed by atoms with van der Waals surface area (Å²) in [6.45, 7) is 3.01. The largest absolute Gasteiger partial charge is 0.341 e. The molecule has 1 fully saturated rings. The zero-order chi connectivity index (χ0) is 13.8. The summed E-state index contributed by atoms with van der Waals surface area (Å²) in [6.07, 6.45) is 3.89. The summed E-state index contributed by atoms with van der Waals surface area (Å²) in [5, 5.41) is 0.280. The normalized spacial score (nSPS) is 17.4. The van der Waals surface area contributed by atoms with Gasteiger partial charge in [0, 0.05) is 19.8 Å². The van der Waals surface area contributed by atoms with Gasteiger partial charge in [-0.25, -0.2) is 4.98 Å². The van der Waals surface area contributed by atoms with E-state index in [1.807, 2.05) is 7.05 Å². The second-order valence-corrected chi connectivity index (χ2v) is 5.63. The lowest BCUT2D eigenvalue weighted by molar-refractivity contribution is 0.0747. The molecule has 1 amide bonds. The number of amides is 1. The zero-order valence-electron chi connectivity index (χ0n) is 11.5. The topological polar surface area (TPSA) is 36.4 Å². The SMILES string of the molecule is CN1CCC(CN(C)C(=O)c2cccnc2Cl)CC1. The molecule has 0 spiro atoms. The van der Waals surface area contributed by atoms with Crippen LogP contribution < -0.4 is 0 Å². The maximum absolute atomic E-state index is 12.3. The number of rotatable bonds is 3. The lowest BCUT2D eigenvalue weighted by Gasteiger charge is -2.31. The number of likely N-dealkylation sites (tertiary alicyclic amines) is 1. The lowest BCUT2D eigenvalue weighted by Crippen LogP contribution is -2.38. The summed E-state index contributed by atoms with van der Waals surface area (Å²) in [5.41, 5.74) is 0.486. The Balaban J connectivity index is 1.94. The minimum atomic E-state index is -0.0444. The Morgan fingerprint density at radius 2 is 2.21 bits per heavy atom. The zero-order valence-corrected chi connectivity index (χ0v) is 12.2. The van der Waals surface area contributed by atoms with Crippen LogP contribution in [0.2, 0.25) is 5.15 Å². The smallest absolute Gasteiger partial charge is 0.256 e. The Morgan fingerprint density at radius 3 is 2.84 bits per heavy atom. The molecule has 0 bridgehead atoms. The van der Waals surface area contributed by atoms with Crippen molar-refractivity contribution in [1.29, 1.82) is 0 Å². The number of carbonyl (C=O) groups excluding carboxylic acids is 1. The molecule has 1 saturated heterocycles. The van der Waals surface area contributed by atoms with Crippen molar-refractivity contribution in [3.8, 4) is 0 Å². The van der Waals surface area contributed by atoms with Crippen LogP contribution in [0.5, 0.6) is 0 Å². The van der Waals surface area contributed by atoms with Crippen molar-refractivity contribution in [3.05, 3.63) is 29.0 Å². The molecule has 0 unspecified atom stereocenters. The first-order valence-corrected chi connectivity index (χ1v) is 7.00. The molecule has 1 aromatic heterocycles. The average Bonchev–Trinajstić information content (AvgIpc) is 2.41. The highest BCUT2D eigenvalue weighted by atomic mass is 35.5. The molecule has 1 aliphatic rings. The van der Waals surface area contributed by atoms with E-state index < -0.39 is 0 Å². The molecule has 0 atom stereocenters. The van der Waals surface area contributed by atoms with Gasteiger partial charge in [-0.2, -0.15) is 0 Å². The van der Waals surface area contributed by atoms with Gasteiger partial charge in [0.05, 0.1) is 5.56 Å². The van der Waals surface area contributed by atoms with Gasteiger partial charge in [0.25, 0.3) is 5.91 Å². The van der Waals surface area contributed by atoms with Crippen molar-refractivity contribution in [1.82, 2.24) is 14.8 Å². The minimum absolute atomic E-state index is 0.0444. The standard InChI is InChI=1S/C14H20ClN3O/c1-17-8-5-11(6-9-17)10-18(2)14(19)12-4-3-7-16-13(12)15/h3-4,7,11H,5-6,8-10H2,1-2H3. The molecule has 1 aromatic rings. The fourth-order valence-electron chi connectivity index (χ4n) is 2.47. The first kappa shape index (κ1) is 14.3. The highest BCUT2D eigenvalue weighted by molar-refractivity contribution is 6.32. The molecular formula is C14H20ClN3O. The fourth-order valence-corrected chi connectivity index (χ4v) is 2.67. The maximum Gasteiger partial charge on any atom is 0.256 e. The number of hydrogen-bond donors (Lipinski definition) is 0. The van der Waals surface area contributed by atoms with E-state index in [-0.39, 0.29) is 11.1 Å². The minimum Gasteiger partial charge on any atom is -0.341 e. The summed E-state index contributed by atoms with van der Waals surface area (Å²) in [6, 6.07) is 3.46. The Kier molecular flexibility index (Phi) is 4.77. The second kappa shape index (κ2) is 6.35. The number of nitrogens with zero attached hydrogens (tertiary/aromatic N) is 3. The maximum atomic E-state index is 12.3. The van der Waals surface area contributed by atoms with Crippen molar-refractivity contribution in [2.75, 3.05) is 33.7 Å². The van der Waals surface area contributed by atoms with Crippen LogP contribution in [0.3, 0.4) is 0 Å².